The molecule has 1 aromatic carbocycles. The molecule has 2 rings (SSSR count). The number of nitrogens with zero attached hydrogens (tertiary/aromatic N) is 2. The van der Waals surface area contributed by atoms with Gasteiger partial charge in [-0.25, -0.2) is 13.1 Å². The molecule has 0 spiro atoms. The third-order valence-corrected chi connectivity index (χ3v) is 5.98. The molecule has 1 heterocycles. The van der Waals surface area contributed by atoms with Crippen LogP contribution in [-0.4, -0.2) is 64.8 Å². The van der Waals surface area contributed by atoms with Crippen LogP contribution in [0.25, 0.3) is 0 Å². The predicted octanol–water partition coefficient (Wildman–Crippen LogP) is 1.55. The highest BCUT2D eigenvalue weighted by molar-refractivity contribution is 14.0. The summed E-state index contributed by atoms with van der Waals surface area (Å²) in [6, 6.07) is 10.8. The highest BCUT2D eigenvalue weighted by atomic mass is 127. The van der Waals surface area contributed by atoms with Crippen molar-refractivity contribution in [1.29, 1.82) is 0 Å². The first-order valence-electron chi connectivity index (χ1n) is 9.26. The van der Waals surface area contributed by atoms with Crippen LogP contribution < -0.4 is 15.4 Å². The van der Waals surface area contributed by atoms with Crippen molar-refractivity contribution in [1.82, 2.24) is 20.3 Å². The summed E-state index contributed by atoms with van der Waals surface area (Å²) < 4.78 is 25.4. The fraction of sp³-hybridized carbons (Fsp3) is 0.611. The number of sulfonamides is 1. The standard InChI is InChI=1S/C18H31N5O2S.HI/c1-3-26(24,25)22-12-11-20-18(19-2)21-15-17(23-13-7-8-14-23)16-9-5-4-6-10-16;/h4-6,9-10,17,22H,3,7-8,11-15H2,1-2H3,(H2,19,20,21);1H. The molecule has 7 nitrogen and oxygen atoms in total. The van der Waals surface area contributed by atoms with Gasteiger partial charge in [-0.3, -0.25) is 9.89 Å². The molecule has 1 aliphatic heterocycles. The van der Waals surface area contributed by atoms with Crippen LogP contribution in [0.4, 0.5) is 0 Å². The topological polar surface area (TPSA) is 85.8 Å². The molecule has 1 atom stereocenters. The van der Waals surface area contributed by atoms with Crippen LogP contribution in [0, 0.1) is 0 Å². The van der Waals surface area contributed by atoms with Gasteiger partial charge >= 0.3 is 0 Å². The van der Waals surface area contributed by atoms with Gasteiger partial charge in [0.25, 0.3) is 0 Å². The number of hydrogen-bond donors (Lipinski definition) is 3. The van der Waals surface area contributed by atoms with Gasteiger partial charge in [-0.15, -0.1) is 24.0 Å². The Bertz CT molecular complexity index is 664. The SMILES string of the molecule is CCS(=O)(=O)NCCNC(=NC)NCC(c1ccccc1)N1CCCC1.I. The van der Waals surface area contributed by atoms with E-state index in [0.29, 0.717) is 25.1 Å². The molecule has 27 heavy (non-hydrogen) atoms. The van der Waals surface area contributed by atoms with Gasteiger partial charge in [-0.2, -0.15) is 0 Å². The van der Waals surface area contributed by atoms with Gasteiger partial charge in [0.15, 0.2) is 5.96 Å². The normalized spacial score (nSPS) is 16.6. The van der Waals surface area contributed by atoms with Crippen molar-refractivity contribution in [2.75, 3.05) is 45.5 Å². The van der Waals surface area contributed by atoms with Crippen LogP contribution in [0.15, 0.2) is 35.3 Å². The molecule has 154 valence electrons. The first kappa shape index (κ1) is 24.1. The molecule has 0 aromatic heterocycles. The summed E-state index contributed by atoms with van der Waals surface area (Å²) in [6.07, 6.45) is 2.49. The van der Waals surface area contributed by atoms with E-state index in [-0.39, 0.29) is 29.7 Å². The van der Waals surface area contributed by atoms with E-state index >= 15 is 0 Å². The zero-order valence-corrected chi connectivity index (χ0v) is 19.3. The summed E-state index contributed by atoms with van der Waals surface area (Å²) in [5.74, 6) is 0.773. The van der Waals surface area contributed by atoms with Gasteiger partial charge in [-0.1, -0.05) is 30.3 Å². The summed E-state index contributed by atoms with van der Waals surface area (Å²) in [5, 5.41) is 6.53. The summed E-state index contributed by atoms with van der Waals surface area (Å²) in [7, 11) is -1.43. The maximum atomic E-state index is 11.4. The first-order valence-corrected chi connectivity index (χ1v) is 10.9. The molecule has 9 heteroatoms. The van der Waals surface area contributed by atoms with Gasteiger partial charge in [-0.05, 0) is 38.4 Å². The van der Waals surface area contributed by atoms with Crippen LogP contribution >= 0.6 is 24.0 Å². The summed E-state index contributed by atoms with van der Waals surface area (Å²) in [5.41, 5.74) is 1.30. The number of aliphatic imine (C=N–C) groups is 1. The molecule has 1 aromatic rings. The van der Waals surface area contributed by atoms with E-state index in [1.165, 1.54) is 18.4 Å². The number of benzene rings is 1. The van der Waals surface area contributed by atoms with Crippen LogP contribution in [0.5, 0.6) is 0 Å². The van der Waals surface area contributed by atoms with Crippen LogP contribution in [0.1, 0.15) is 31.4 Å². The zero-order valence-electron chi connectivity index (χ0n) is 16.1. The molecule has 3 N–H and O–H groups in total. The second-order valence-electron chi connectivity index (χ2n) is 6.35. The number of rotatable bonds is 9. The molecule has 1 fully saturated rings. The van der Waals surface area contributed by atoms with Gasteiger partial charge < -0.3 is 10.6 Å². The average molecular weight is 509 g/mol. The van der Waals surface area contributed by atoms with Crippen molar-refractivity contribution in [3.8, 4) is 0 Å². The van der Waals surface area contributed by atoms with E-state index in [1.807, 2.05) is 6.07 Å². The van der Waals surface area contributed by atoms with E-state index in [2.05, 4.69) is 49.5 Å². The fourth-order valence-corrected chi connectivity index (χ4v) is 3.71. The van der Waals surface area contributed by atoms with E-state index in [9.17, 15) is 8.42 Å². The van der Waals surface area contributed by atoms with E-state index in [0.717, 1.165) is 19.6 Å². The van der Waals surface area contributed by atoms with Gasteiger partial charge in [0.1, 0.15) is 0 Å². The largest absolute Gasteiger partial charge is 0.355 e. The fourth-order valence-electron chi connectivity index (χ4n) is 3.09. The Balaban J connectivity index is 0.00000364. The predicted molar refractivity (Wildman–Crippen MR) is 122 cm³/mol. The minimum absolute atomic E-state index is 0. The van der Waals surface area contributed by atoms with E-state index < -0.39 is 10.0 Å². The third kappa shape index (κ3) is 8.32. The second kappa shape index (κ2) is 12.5. The van der Waals surface area contributed by atoms with Gasteiger partial charge in [0.2, 0.25) is 10.0 Å². The Kier molecular flexibility index (Phi) is 11.2. The van der Waals surface area contributed by atoms with E-state index in [4.69, 9.17) is 0 Å². The molecule has 1 unspecified atom stereocenters. The number of guanidine groups is 1. The molecule has 0 saturated carbocycles. The Labute approximate surface area is 180 Å². The Hall–Kier alpha value is -0.910. The van der Waals surface area contributed by atoms with Crippen molar-refractivity contribution in [2.45, 2.75) is 25.8 Å². The lowest BCUT2D eigenvalue weighted by atomic mass is 10.1. The summed E-state index contributed by atoms with van der Waals surface area (Å²) >= 11 is 0. The van der Waals surface area contributed by atoms with Crippen molar-refractivity contribution in [3.63, 3.8) is 0 Å². The first-order chi connectivity index (χ1) is 12.6. The smallest absolute Gasteiger partial charge is 0.211 e. The molecule has 1 aliphatic rings. The monoisotopic (exact) mass is 509 g/mol. The highest BCUT2D eigenvalue weighted by Gasteiger charge is 2.23. The average Bonchev–Trinajstić information content (AvgIpc) is 3.19. The van der Waals surface area contributed by atoms with Gasteiger partial charge in [0, 0.05) is 26.7 Å². The quantitative estimate of drug-likeness (QED) is 0.204. The highest BCUT2D eigenvalue weighted by Crippen LogP contribution is 2.24. The van der Waals surface area contributed by atoms with Gasteiger partial charge in [0.05, 0.1) is 11.8 Å². The maximum absolute atomic E-state index is 11.4. The molecular weight excluding hydrogens is 477 g/mol. The van der Waals surface area contributed by atoms with Crippen LogP contribution in [-0.2, 0) is 10.0 Å². The lowest BCUT2D eigenvalue weighted by Gasteiger charge is -2.29. The molecule has 0 amide bonds. The van der Waals surface area contributed by atoms with Crippen molar-refractivity contribution < 1.29 is 8.42 Å². The van der Waals surface area contributed by atoms with Crippen LogP contribution in [0.2, 0.25) is 0 Å². The second-order valence-corrected chi connectivity index (χ2v) is 8.44. The lowest BCUT2D eigenvalue weighted by molar-refractivity contribution is 0.245. The van der Waals surface area contributed by atoms with Crippen molar-refractivity contribution in [3.05, 3.63) is 35.9 Å². The third-order valence-electron chi connectivity index (χ3n) is 4.57. The molecule has 1 saturated heterocycles. The Morgan fingerprint density at radius 1 is 1.15 bits per heavy atom. The van der Waals surface area contributed by atoms with Crippen LogP contribution in [0.3, 0.4) is 0 Å². The molecule has 0 radical (unpaired) electrons. The summed E-state index contributed by atoms with van der Waals surface area (Å²) in [6.45, 7) is 5.44. The van der Waals surface area contributed by atoms with Crippen molar-refractivity contribution in [2.24, 2.45) is 4.99 Å². The molecular formula is C18H32IN5O2S. The maximum Gasteiger partial charge on any atom is 0.211 e. The number of likely N-dealkylation sites (tertiary alicyclic amines) is 1. The lowest BCUT2D eigenvalue weighted by Crippen LogP contribution is -2.44. The van der Waals surface area contributed by atoms with Crippen molar-refractivity contribution >= 4 is 40.0 Å². The minimum atomic E-state index is -3.15. The Morgan fingerprint density at radius 3 is 2.41 bits per heavy atom. The summed E-state index contributed by atoms with van der Waals surface area (Å²) in [4.78, 5) is 6.74. The Morgan fingerprint density at radius 2 is 1.81 bits per heavy atom. The number of hydrogen-bond acceptors (Lipinski definition) is 4. The van der Waals surface area contributed by atoms with E-state index in [1.54, 1.807) is 14.0 Å². The molecule has 0 bridgehead atoms. The minimum Gasteiger partial charge on any atom is -0.355 e. The molecule has 0 aliphatic carbocycles. The number of nitrogens with one attached hydrogen (secondary N) is 3. The zero-order chi connectivity index (χ0) is 18.8. The number of halogens is 1.